The monoisotopic (exact) mass is 381 g/mol. The van der Waals surface area contributed by atoms with Crippen LogP contribution in [-0.2, 0) is 16.5 Å². The summed E-state index contributed by atoms with van der Waals surface area (Å²) in [6, 6.07) is 0. The van der Waals surface area contributed by atoms with Crippen molar-refractivity contribution in [3.8, 4) is 0 Å². The van der Waals surface area contributed by atoms with Crippen molar-refractivity contribution in [2.24, 2.45) is 7.05 Å². The molecule has 0 atom stereocenters. The van der Waals surface area contributed by atoms with Gasteiger partial charge in [0.15, 0.2) is 6.61 Å². The number of halogens is 1. The number of aromatic amines is 1. The molecule has 26 heavy (non-hydrogen) atoms. The molecule has 0 aliphatic rings. The maximum Gasteiger partial charge on any atom is 0.355 e. The molecule has 8 nitrogen and oxygen atoms in total. The van der Waals surface area contributed by atoms with Crippen molar-refractivity contribution in [3.63, 3.8) is 0 Å². The first-order valence-corrected chi connectivity index (χ1v) is 8.32. The van der Waals surface area contributed by atoms with E-state index in [9.17, 15) is 14.4 Å². The van der Waals surface area contributed by atoms with Gasteiger partial charge in [0.05, 0.1) is 12.3 Å². The van der Waals surface area contributed by atoms with Crippen LogP contribution in [0.2, 0.25) is 5.15 Å². The zero-order valence-electron chi connectivity index (χ0n) is 15.2. The van der Waals surface area contributed by atoms with Crippen molar-refractivity contribution in [2.45, 2.75) is 27.7 Å². The van der Waals surface area contributed by atoms with Crippen molar-refractivity contribution >= 4 is 29.3 Å². The molecule has 0 fully saturated rings. The molecule has 0 aliphatic carbocycles. The highest BCUT2D eigenvalue weighted by molar-refractivity contribution is 6.32. The fourth-order valence-electron chi connectivity index (χ4n) is 2.71. The fourth-order valence-corrected chi connectivity index (χ4v) is 2.96. The molecule has 140 valence electrons. The second kappa shape index (κ2) is 7.74. The molecule has 0 spiro atoms. The molecule has 0 aliphatic heterocycles. The van der Waals surface area contributed by atoms with Gasteiger partial charge in [0.2, 0.25) is 5.78 Å². The van der Waals surface area contributed by atoms with Gasteiger partial charge in [-0.1, -0.05) is 11.6 Å². The molecule has 9 heteroatoms. The molecule has 0 radical (unpaired) electrons. The van der Waals surface area contributed by atoms with Gasteiger partial charge in [-0.15, -0.1) is 0 Å². The van der Waals surface area contributed by atoms with Crippen LogP contribution in [0.25, 0.3) is 0 Å². The van der Waals surface area contributed by atoms with Gasteiger partial charge in [-0.2, -0.15) is 5.10 Å². The van der Waals surface area contributed by atoms with E-state index in [0.29, 0.717) is 22.5 Å². The van der Waals surface area contributed by atoms with Crippen molar-refractivity contribution in [2.75, 3.05) is 13.2 Å². The first kappa shape index (κ1) is 19.7. The van der Waals surface area contributed by atoms with E-state index in [1.54, 1.807) is 34.7 Å². The lowest BCUT2D eigenvalue weighted by atomic mass is 10.1. The van der Waals surface area contributed by atoms with Crippen LogP contribution in [0.5, 0.6) is 0 Å². The van der Waals surface area contributed by atoms with Crippen LogP contribution in [0.15, 0.2) is 0 Å². The van der Waals surface area contributed by atoms with E-state index in [4.69, 9.17) is 21.1 Å². The summed E-state index contributed by atoms with van der Waals surface area (Å²) in [5.74, 6) is -1.70. The van der Waals surface area contributed by atoms with E-state index >= 15 is 0 Å². The summed E-state index contributed by atoms with van der Waals surface area (Å²) in [5, 5.41) is 4.17. The van der Waals surface area contributed by atoms with Gasteiger partial charge >= 0.3 is 11.9 Å². The lowest BCUT2D eigenvalue weighted by molar-refractivity contribution is 0.0472. The minimum Gasteiger partial charge on any atom is -0.461 e. The number of hydrogen-bond donors (Lipinski definition) is 1. The van der Waals surface area contributed by atoms with E-state index in [1.165, 1.54) is 4.68 Å². The highest BCUT2D eigenvalue weighted by Gasteiger charge is 2.25. The topological polar surface area (TPSA) is 103 Å². The van der Waals surface area contributed by atoms with Crippen LogP contribution in [0.4, 0.5) is 0 Å². The number of esters is 2. The highest BCUT2D eigenvalue weighted by atomic mass is 35.5. The average molecular weight is 382 g/mol. The highest BCUT2D eigenvalue weighted by Crippen LogP contribution is 2.22. The van der Waals surface area contributed by atoms with Gasteiger partial charge in [0.1, 0.15) is 16.4 Å². The van der Waals surface area contributed by atoms with Gasteiger partial charge in [0.25, 0.3) is 0 Å². The number of aromatic nitrogens is 3. The third-order valence-electron chi connectivity index (χ3n) is 3.89. The van der Waals surface area contributed by atoms with Crippen LogP contribution in [-0.4, -0.2) is 45.7 Å². The Morgan fingerprint density at radius 1 is 1.12 bits per heavy atom. The molecular weight excluding hydrogens is 362 g/mol. The minimum absolute atomic E-state index is 0.122. The van der Waals surface area contributed by atoms with Crippen LogP contribution < -0.4 is 0 Å². The molecule has 0 saturated carbocycles. The van der Waals surface area contributed by atoms with Crippen LogP contribution >= 0.6 is 11.6 Å². The Morgan fingerprint density at radius 3 is 2.31 bits per heavy atom. The lowest BCUT2D eigenvalue weighted by Gasteiger charge is -2.05. The molecule has 0 bridgehead atoms. The van der Waals surface area contributed by atoms with Crippen molar-refractivity contribution < 1.29 is 23.9 Å². The maximum atomic E-state index is 12.5. The Labute approximate surface area is 155 Å². The zero-order chi connectivity index (χ0) is 19.6. The third kappa shape index (κ3) is 3.65. The summed E-state index contributed by atoms with van der Waals surface area (Å²) in [6.45, 7) is 6.35. The van der Waals surface area contributed by atoms with Crippen molar-refractivity contribution in [3.05, 3.63) is 38.9 Å². The van der Waals surface area contributed by atoms with Crippen LogP contribution in [0.3, 0.4) is 0 Å². The number of carbonyl (C=O) groups excluding carboxylic acids is 3. The van der Waals surface area contributed by atoms with Crippen LogP contribution in [0.1, 0.15) is 55.1 Å². The summed E-state index contributed by atoms with van der Waals surface area (Å²) in [4.78, 5) is 39.5. The number of ether oxygens (including phenoxy) is 2. The van der Waals surface area contributed by atoms with Crippen molar-refractivity contribution in [1.29, 1.82) is 0 Å². The smallest absolute Gasteiger partial charge is 0.355 e. The number of rotatable bonds is 6. The molecular formula is C17H20ClN3O5. The van der Waals surface area contributed by atoms with E-state index in [0.717, 1.165) is 0 Å². The van der Waals surface area contributed by atoms with Crippen LogP contribution in [0, 0.1) is 20.8 Å². The number of aryl methyl sites for hydroxylation is 3. The number of nitrogens with one attached hydrogen (secondary N) is 1. The van der Waals surface area contributed by atoms with E-state index in [-0.39, 0.29) is 23.0 Å². The number of ketones is 1. The normalized spacial score (nSPS) is 10.7. The zero-order valence-corrected chi connectivity index (χ0v) is 16.0. The molecule has 2 heterocycles. The molecule has 2 rings (SSSR count). The third-order valence-corrected chi connectivity index (χ3v) is 4.32. The minimum atomic E-state index is -0.731. The summed E-state index contributed by atoms with van der Waals surface area (Å²) in [7, 11) is 1.60. The predicted molar refractivity (Wildman–Crippen MR) is 93.8 cm³/mol. The Kier molecular flexibility index (Phi) is 5.86. The van der Waals surface area contributed by atoms with Gasteiger partial charge in [0, 0.05) is 18.3 Å². The number of carbonyl (C=O) groups is 3. The van der Waals surface area contributed by atoms with Gasteiger partial charge < -0.3 is 14.5 Å². The molecule has 0 saturated heterocycles. The second-order valence-electron chi connectivity index (χ2n) is 5.72. The Morgan fingerprint density at radius 2 is 1.77 bits per heavy atom. The quantitative estimate of drug-likeness (QED) is 0.609. The summed E-state index contributed by atoms with van der Waals surface area (Å²) >= 11 is 6.02. The SMILES string of the molecule is CCOC(=O)c1[nH]c(C)c(C(=O)COC(=O)c2c(C)nn(C)c2Cl)c1C. The van der Waals surface area contributed by atoms with E-state index < -0.39 is 24.3 Å². The summed E-state index contributed by atoms with van der Waals surface area (Å²) in [5.41, 5.74) is 2.00. The lowest BCUT2D eigenvalue weighted by Crippen LogP contribution is -2.16. The van der Waals surface area contributed by atoms with Gasteiger partial charge in [-0.05, 0) is 33.3 Å². The first-order valence-electron chi connectivity index (χ1n) is 7.94. The van der Waals surface area contributed by atoms with E-state index in [1.807, 2.05) is 0 Å². The van der Waals surface area contributed by atoms with Gasteiger partial charge in [-0.3, -0.25) is 9.48 Å². The second-order valence-corrected chi connectivity index (χ2v) is 6.08. The first-order chi connectivity index (χ1) is 12.2. The molecule has 2 aromatic rings. The number of nitrogens with zero attached hydrogens (tertiary/aromatic N) is 2. The Hall–Kier alpha value is -2.61. The Balaban J connectivity index is 2.16. The van der Waals surface area contributed by atoms with E-state index in [2.05, 4.69) is 10.1 Å². The molecule has 0 amide bonds. The Bertz CT molecular complexity index is 882. The average Bonchev–Trinajstić information content (AvgIpc) is 3.00. The summed E-state index contributed by atoms with van der Waals surface area (Å²) in [6.07, 6.45) is 0. The largest absolute Gasteiger partial charge is 0.461 e. The maximum absolute atomic E-state index is 12.5. The molecule has 2 aromatic heterocycles. The molecule has 1 N–H and O–H groups in total. The number of Topliss-reactive ketones (excluding diaryl/α,β-unsaturated/α-hetero) is 1. The standard InChI is InChI=1S/C17H20ClN3O5/c1-6-25-17(24)14-8(2)12(9(3)19-14)11(22)7-26-16(23)13-10(4)20-21(5)15(13)18/h19H,6-7H2,1-5H3. The molecule has 0 aromatic carbocycles. The van der Waals surface area contributed by atoms with Crippen molar-refractivity contribution in [1.82, 2.24) is 14.8 Å². The van der Waals surface area contributed by atoms with Gasteiger partial charge in [-0.25, -0.2) is 9.59 Å². The number of H-pyrrole nitrogens is 1. The predicted octanol–water partition coefficient (Wildman–Crippen LogP) is 2.54. The molecule has 0 unspecified atom stereocenters. The summed E-state index contributed by atoms with van der Waals surface area (Å²) < 4.78 is 11.4. The number of hydrogen-bond acceptors (Lipinski definition) is 6. The fraction of sp³-hybridized carbons (Fsp3) is 0.412.